The molecular formula is C22H24N2O4. The van der Waals surface area contributed by atoms with Gasteiger partial charge in [0, 0.05) is 29.9 Å². The van der Waals surface area contributed by atoms with Gasteiger partial charge in [0.25, 0.3) is 11.8 Å². The summed E-state index contributed by atoms with van der Waals surface area (Å²) in [6.45, 7) is 3.72. The van der Waals surface area contributed by atoms with Crippen molar-refractivity contribution in [2.45, 2.75) is 19.8 Å². The number of hydrogen-bond donors (Lipinski definition) is 1. The van der Waals surface area contributed by atoms with Gasteiger partial charge in [0.05, 0.1) is 12.7 Å². The van der Waals surface area contributed by atoms with Gasteiger partial charge in [-0.25, -0.2) is 4.79 Å². The minimum absolute atomic E-state index is 0.0179. The topological polar surface area (TPSA) is 75.7 Å². The van der Waals surface area contributed by atoms with Crippen LogP contribution in [0.15, 0.2) is 48.5 Å². The molecule has 1 aliphatic heterocycles. The van der Waals surface area contributed by atoms with Crippen LogP contribution in [0, 0.1) is 5.92 Å². The lowest BCUT2D eigenvalue weighted by Gasteiger charge is -2.30. The summed E-state index contributed by atoms with van der Waals surface area (Å²) in [5.74, 6) is -0.230. The molecule has 0 aromatic heterocycles. The van der Waals surface area contributed by atoms with E-state index in [1.807, 2.05) is 4.90 Å². The molecule has 0 unspecified atom stereocenters. The van der Waals surface area contributed by atoms with Crippen molar-refractivity contribution >= 4 is 23.5 Å². The molecule has 146 valence electrons. The van der Waals surface area contributed by atoms with Crippen LogP contribution in [0.4, 0.5) is 5.69 Å². The highest BCUT2D eigenvalue weighted by molar-refractivity contribution is 6.06. The molecule has 0 aliphatic carbocycles. The second-order valence-electron chi connectivity index (χ2n) is 7.08. The number of nitrogens with one attached hydrogen (secondary N) is 1. The summed E-state index contributed by atoms with van der Waals surface area (Å²) in [7, 11) is 1.29. The molecule has 3 rings (SSSR count). The van der Waals surface area contributed by atoms with Gasteiger partial charge in [-0.3, -0.25) is 9.59 Å². The van der Waals surface area contributed by atoms with E-state index in [4.69, 9.17) is 0 Å². The van der Waals surface area contributed by atoms with E-state index in [2.05, 4.69) is 17.0 Å². The molecule has 2 aromatic carbocycles. The zero-order valence-corrected chi connectivity index (χ0v) is 16.1. The van der Waals surface area contributed by atoms with Gasteiger partial charge in [0.15, 0.2) is 0 Å². The molecule has 0 bridgehead atoms. The van der Waals surface area contributed by atoms with Crippen molar-refractivity contribution in [3.05, 3.63) is 65.2 Å². The maximum absolute atomic E-state index is 12.7. The van der Waals surface area contributed by atoms with E-state index < -0.39 is 5.97 Å². The Hall–Kier alpha value is -3.15. The van der Waals surface area contributed by atoms with Crippen LogP contribution in [0.3, 0.4) is 0 Å². The van der Waals surface area contributed by atoms with Gasteiger partial charge in [-0.1, -0.05) is 19.1 Å². The number of carbonyl (C=O) groups excluding carboxylic acids is 3. The monoisotopic (exact) mass is 380 g/mol. The van der Waals surface area contributed by atoms with Crippen LogP contribution in [0.25, 0.3) is 0 Å². The molecule has 1 saturated heterocycles. The Balaban J connectivity index is 1.71. The van der Waals surface area contributed by atoms with Crippen molar-refractivity contribution in [1.82, 2.24) is 4.90 Å². The van der Waals surface area contributed by atoms with Crippen LogP contribution in [-0.2, 0) is 4.74 Å². The first-order chi connectivity index (χ1) is 13.5. The van der Waals surface area contributed by atoms with E-state index in [-0.39, 0.29) is 11.8 Å². The first-order valence-electron chi connectivity index (χ1n) is 9.37. The van der Waals surface area contributed by atoms with Crippen LogP contribution in [-0.4, -0.2) is 42.9 Å². The van der Waals surface area contributed by atoms with Gasteiger partial charge in [0.2, 0.25) is 0 Å². The third kappa shape index (κ3) is 4.57. The lowest BCUT2D eigenvalue weighted by molar-refractivity contribution is 0.0600. The number of piperidine rings is 1. The molecule has 1 aliphatic rings. The highest BCUT2D eigenvalue weighted by Gasteiger charge is 2.21. The Morgan fingerprint density at radius 1 is 0.964 bits per heavy atom. The third-order valence-corrected chi connectivity index (χ3v) is 4.98. The number of likely N-dealkylation sites (tertiary alicyclic amines) is 1. The molecule has 6 nitrogen and oxygen atoms in total. The van der Waals surface area contributed by atoms with Crippen molar-refractivity contribution in [2.24, 2.45) is 5.92 Å². The highest BCUT2D eigenvalue weighted by atomic mass is 16.5. The molecule has 6 heteroatoms. The van der Waals surface area contributed by atoms with Crippen LogP contribution in [0.1, 0.15) is 50.8 Å². The number of ether oxygens (including phenoxy) is 1. The first kappa shape index (κ1) is 19.6. The molecule has 2 amide bonds. The summed E-state index contributed by atoms with van der Waals surface area (Å²) < 4.78 is 4.68. The van der Waals surface area contributed by atoms with Crippen LogP contribution in [0.5, 0.6) is 0 Å². The summed E-state index contributed by atoms with van der Waals surface area (Å²) in [5.41, 5.74) is 1.73. The van der Waals surface area contributed by atoms with Gasteiger partial charge >= 0.3 is 5.97 Å². The van der Waals surface area contributed by atoms with Crippen LogP contribution in [0.2, 0.25) is 0 Å². The van der Waals surface area contributed by atoms with Crippen molar-refractivity contribution in [1.29, 1.82) is 0 Å². The first-order valence-corrected chi connectivity index (χ1v) is 9.37. The number of esters is 1. The number of anilines is 1. The Labute approximate surface area is 164 Å². The fourth-order valence-electron chi connectivity index (χ4n) is 3.23. The van der Waals surface area contributed by atoms with Gasteiger partial charge in [-0.05, 0) is 55.2 Å². The molecule has 1 fully saturated rings. The summed E-state index contributed by atoms with van der Waals surface area (Å²) in [6.07, 6.45) is 2.03. The number of methoxy groups -OCH3 is 1. The minimum atomic E-state index is -0.502. The maximum atomic E-state index is 12.7. The van der Waals surface area contributed by atoms with Crippen LogP contribution < -0.4 is 5.32 Å². The lowest BCUT2D eigenvalue weighted by Crippen LogP contribution is -2.37. The summed E-state index contributed by atoms with van der Waals surface area (Å²) in [5, 5.41) is 2.79. The Morgan fingerprint density at radius 3 is 2.32 bits per heavy atom. The zero-order chi connectivity index (χ0) is 20.1. The fourth-order valence-corrected chi connectivity index (χ4v) is 3.23. The van der Waals surface area contributed by atoms with E-state index in [0.717, 1.165) is 25.9 Å². The molecular weight excluding hydrogens is 356 g/mol. The number of hydrogen-bond acceptors (Lipinski definition) is 4. The second kappa shape index (κ2) is 8.69. The highest BCUT2D eigenvalue weighted by Crippen LogP contribution is 2.20. The predicted octanol–water partition coefficient (Wildman–Crippen LogP) is 3.60. The maximum Gasteiger partial charge on any atom is 0.337 e. The standard InChI is InChI=1S/C22H24N2O4/c1-15-9-11-24(12-10-15)21(26)17-6-4-8-19(14-17)23-20(25)16-5-3-7-18(13-16)22(27)28-2/h3-8,13-15H,9-12H2,1-2H3,(H,23,25). The number of rotatable bonds is 4. The largest absolute Gasteiger partial charge is 0.465 e. The number of benzene rings is 2. The third-order valence-electron chi connectivity index (χ3n) is 4.98. The van der Waals surface area contributed by atoms with E-state index in [1.54, 1.807) is 42.5 Å². The molecule has 28 heavy (non-hydrogen) atoms. The van der Waals surface area contributed by atoms with Gasteiger partial charge < -0.3 is 15.0 Å². The summed E-state index contributed by atoms with van der Waals surface area (Å²) >= 11 is 0. The van der Waals surface area contributed by atoms with Crippen molar-refractivity contribution in [3.8, 4) is 0 Å². The lowest BCUT2D eigenvalue weighted by atomic mass is 9.98. The smallest absolute Gasteiger partial charge is 0.337 e. The summed E-state index contributed by atoms with van der Waals surface area (Å²) in [6, 6.07) is 13.2. The van der Waals surface area contributed by atoms with E-state index in [9.17, 15) is 14.4 Å². The molecule has 0 atom stereocenters. The van der Waals surface area contributed by atoms with E-state index in [0.29, 0.717) is 28.3 Å². The number of carbonyl (C=O) groups is 3. The fraction of sp³-hybridized carbons (Fsp3) is 0.318. The minimum Gasteiger partial charge on any atom is -0.465 e. The second-order valence-corrected chi connectivity index (χ2v) is 7.08. The SMILES string of the molecule is COC(=O)c1cccc(C(=O)Nc2cccc(C(=O)N3CCC(C)CC3)c2)c1. The Bertz CT molecular complexity index is 886. The van der Waals surface area contributed by atoms with Gasteiger partial charge in [-0.15, -0.1) is 0 Å². The Morgan fingerprint density at radius 2 is 1.61 bits per heavy atom. The molecule has 2 aromatic rings. The van der Waals surface area contributed by atoms with Gasteiger partial charge in [-0.2, -0.15) is 0 Å². The molecule has 0 spiro atoms. The Kier molecular flexibility index (Phi) is 6.09. The van der Waals surface area contributed by atoms with Gasteiger partial charge in [0.1, 0.15) is 0 Å². The number of nitrogens with zero attached hydrogens (tertiary/aromatic N) is 1. The van der Waals surface area contributed by atoms with Crippen molar-refractivity contribution in [2.75, 3.05) is 25.5 Å². The zero-order valence-electron chi connectivity index (χ0n) is 16.1. The molecule has 1 N–H and O–H groups in total. The quantitative estimate of drug-likeness (QED) is 0.823. The van der Waals surface area contributed by atoms with E-state index in [1.165, 1.54) is 13.2 Å². The molecule has 0 saturated carbocycles. The van der Waals surface area contributed by atoms with Crippen LogP contribution >= 0.6 is 0 Å². The molecule has 1 heterocycles. The average Bonchev–Trinajstić information content (AvgIpc) is 2.73. The molecule has 0 radical (unpaired) electrons. The number of amides is 2. The summed E-state index contributed by atoms with van der Waals surface area (Å²) in [4.78, 5) is 38.8. The predicted molar refractivity (Wildman–Crippen MR) is 106 cm³/mol. The normalized spacial score (nSPS) is 14.4. The van der Waals surface area contributed by atoms with Crippen molar-refractivity contribution in [3.63, 3.8) is 0 Å². The average molecular weight is 380 g/mol. The van der Waals surface area contributed by atoms with Crippen molar-refractivity contribution < 1.29 is 19.1 Å². The van der Waals surface area contributed by atoms with E-state index >= 15 is 0 Å².